The van der Waals surface area contributed by atoms with Gasteiger partial charge in [-0.1, -0.05) is 11.6 Å². The van der Waals surface area contributed by atoms with Crippen molar-refractivity contribution in [3.8, 4) is 23.0 Å². The molecule has 0 heterocycles. The molecule has 0 fully saturated rings. The fraction of sp³-hybridized carbons (Fsp3) is 0.579. The van der Waals surface area contributed by atoms with Crippen molar-refractivity contribution in [2.75, 3.05) is 35.0 Å². The highest BCUT2D eigenvalue weighted by atomic mass is 16.5. The summed E-state index contributed by atoms with van der Waals surface area (Å²) in [7, 11) is 6.43. The number of unbranched alkanes of at least 4 members (excludes halogenated alkanes) is 1. The molecule has 0 bridgehead atoms. The molecule has 24 heavy (non-hydrogen) atoms. The predicted molar refractivity (Wildman–Crippen MR) is 95.8 cm³/mol. The smallest absolute Gasteiger partial charge is 0.207 e. The molecule has 0 amide bonds. The molecule has 5 heteroatoms. The summed E-state index contributed by atoms with van der Waals surface area (Å²) in [6.45, 7) is 4.35. The third-order valence-corrected chi connectivity index (χ3v) is 4.14. The highest BCUT2D eigenvalue weighted by Gasteiger charge is 2.24. The molecule has 0 aliphatic rings. The maximum absolute atomic E-state index is 8.88. The van der Waals surface area contributed by atoms with E-state index in [-0.39, 0.29) is 6.61 Å². The second-order valence-corrected chi connectivity index (χ2v) is 5.67. The van der Waals surface area contributed by atoms with Crippen LogP contribution in [0.25, 0.3) is 0 Å². The lowest BCUT2D eigenvalue weighted by Crippen LogP contribution is -2.04. The van der Waals surface area contributed by atoms with E-state index in [1.54, 1.807) is 28.4 Å². The van der Waals surface area contributed by atoms with Crippen LogP contribution in [-0.4, -0.2) is 40.2 Å². The number of aliphatic hydroxyl groups is 1. The molecule has 1 N–H and O–H groups in total. The van der Waals surface area contributed by atoms with E-state index in [0.29, 0.717) is 23.0 Å². The van der Waals surface area contributed by atoms with E-state index in [1.165, 1.54) is 5.57 Å². The first-order chi connectivity index (χ1) is 11.5. The first-order valence-electron chi connectivity index (χ1n) is 8.17. The number of methoxy groups -OCH3 is 4. The monoisotopic (exact) mass is 338 g/mol. The molecule has 0 aliphatic carbocycles. The Morgan fingerprint density at radius 2 is 1.42 bits per heavy atom. The Bertz CT molecular complexity index is 564. The molecule has 1 rings (SSSR count). The zero-order chi connectivity index (χ0) is 18.1. The Labute approximate surface area is 145 Å². The Kier molecular flexibility index (Phi) is 8.47. The largest absolute Gasteiger partial charge is 0.492 e. The van der Waals surface area contributed by atoms with Crippen molar-refractivity contribution in [2.24, 2.45) is 0 Å². The molecule has 1 aromatic rings. The molecule has 0 atom stereocenters. The first-order valence-corrected chi connectivity index (χ1v) is 8.17. The highest BCUT2D eigenvalue weighted by Crippen LogP contribution is 2.49. The van der Waals surface area contributed by atoms with Crippen LogP contribution in [0.5, 0.6) is 23.0 Å². The number of aliphatic hydroxyl groups excluding tert-OH is 1. The van der Waals surface area contributed by atoms with Gasteiger partial charge in [-0.15, -0.1) is 0 Å². The predicted octanol–water partition coefficient (Wildman–Crippen LogP) is 3.68. The van der Waals surface area contributed by atoms with E-state index in [4.69, 9.17) is 24.1 Å². The molecule has 0 aromatic heterocycles. The van der Waals surface area contributed by atoms with Gasteiger partial charge in [0, 0.05) is 17.7 Å². The molecule has 136 valence electrons. The zero-order valence-corrected chi connectivity index (χ0v) is 15.7. The van der Waals surface area contributed by atoms with E-state index >= 15 is 0 Å². The molecular formula is C19H30O5. The second kappa shape index (κ2) is 10.1. The van der Waals surface area contributed by atoms with Gasteiger partial charge in [0.15, 0.2) is 11.5 Å². The van der Waals surface area contributed by atoms with Gasteiger partial charge in [0.25, 0.3) is 0 Å². The van der Waals surface area contributed by atoms with Crippen LogP contribution < -0.4 is 18.9 Å². The van der Waals surface area contributed by atoms with E-state index in [9.17, 15) is 0 Å². The zero-order valence-electron chi connectivity index (χ0n) is 15.7. The van der Waals surface area contributed by atoms with Crippen molar-refractivity contribution in [1.29, 1.82) is 0 Å². The van der Waals surface area contributed by atoms with Crippen LogP contribution in [0.15, 0.2) is 11.6 Å². The summed E-state index contributed by atoms with van der Waals surface area (Å²) < 4.78 is 22.1. The van der Waals surface area contributed by atoms with E-state index < -0.39 is 0 Å². The summed E-state index contributed by atoms with van der Waals surface area (Å²) in [6.07, 6.45) is 5.71. The average molecular weight is 338 g/mol. The number of rotatable bonds is 10. The van der Waals surface area contributed by atoms with E-state index in [1.807, 2.05) is 6.92 Å². The fourth-order valence-corrected chi connectivity index (χ4v) is 2.79. The minimum atomic E-state index is 0.243. The van der Waals surface area contributed by atoms with Crippen molar-refractivity contribution in [3.63, 3.8) is 0 Å². The van der Waals surface area contributed by atoms with Gasteiger partial charge in [-0.25, -0.2) is 0 Å². The molecule has 1 aromatic carbocycles. The summed E-state index contributed by atoms with van der Waals surface area (Å²) in [5.41, 5.74) is 3.29. The van der Waals surface area contributed by atoms with Gasteiger partial charge in [0.2, 0.25) is 11.5 Å². The SMILES string of the molecule is COc1c(C)c(CC=C(C)CCCCO)c(OC)c(OC)c1OC. The van der Waals surface area contributed by atoms with Crippen molar-refractivity contribution in [2.45, 2.75) is 39.5 Å². The van der Waals surface area contributed by atoms with Crippen LogP contribution in [-0.2, 0) is 6.42 Å². The minimum Gasteiger partial charge on any atom is -0.492 e. The van der Waals surface area contributed by atoms with E-state index in [2.05, 4.69) is 13.0 Å². The summed E-state index contributed by atoms with van der Waals surface area (Å²) in [5, 5.41) is 8.88. The number of hydrogen-bond donors (Lipinski definition) is 1. The van der Waals surface area contributed by atoms with Crippen LogP contribution in [0.1, 0.15) is 37.3 Å². The first kappa shape index (κ1) is 20.2. The van der Waals surface area contributed by atoms with Gasteiger partial charge in [-0.3, -0.25) is 0 Å². The van der Waals surface area contributed by atoms with E-state index in [0.717, 1.165) is 36.8 Å². The summed E-state index contributed by atoms with van der Waals surface area (Å²) in [6, 6.07) is 0. The van der Waals surface area contributed by atoms with Crippen LogP contribution in [0.3, 0.4) is 0 Å². The van der Waals surface area contributed by atoms with Crippen molar-refractivity contribution in [1.82, 2.24) is 0 Å². The standard InChI is InChI=1S/C19H30O5/c1-13(9-7-8-12-20)10-11-15-14(2)16(21-3)18(23-5)19(24-6)17(15)22-4/h10,20H,7-9,11-12H2,1-6H3. The van der Waals surface area contributed by atoms with Gasteiger partial charge in [0.1, 0.15) is 0 Å². The Morgan fingerprint density at radius 3 is 1.92 bits per heavy atom. The summed E-state index contributed by atoms with van der Waals surface area (Å²) in [5.74, 6) is 2.43. The van der Waals surface area contributed by atoms with Crippen molar-refractivity contribution in [3.05, 3.63) is 22.8 Å². The average Bonchev–Trinajstić information content (AvgIpc) is 2.59. The molecular weight excluding hydrogens is 308 g/mol. The fourth-order valence-electron chi connectivity index (χ4n) is 2.79. The number of hydrogen-bond acceptors (Lipinski definition) is 5. The van der Waals surface area contributed by atoms with Gasteiger partial charge in [-0.2, -0.15) is 0 Å². The van der Waals surface area contributed by atoms with Crippen LogP contribution in [0.2, 0.25) is 0 Å². The second-order valence-electron chi connectivity index (χ2n) is 5.67. The molecule has 5 nitrogen and oxygen atoms in total. The number of allylic oxidation sites excluding steroid dienone is 2. The van der Waals surface area contributed by atoms with Crippen molar-refractivity contribution >= 4 is 0 Å². The normalized spacial score (nSPS) is 11.4. The topological polar surface area (TPSA) is 57.2 Å². The number of benzene rings is 1. The summed E-state index contributed by atoms with van der Waals surface area (Å²) in [4.78, 5) is 0. The highest BCUT2D eigenvalue weighted by molar-refractivity contribution is 5.67. The van der Waals surface area contributed by atoms with Crippen LogP contribution >= 0.6 is 0 Å². The molecule has 0 spiro atoms. The quantitative estimate of drug-likeness (QED) is 0.521. The maximum atomic E-state index is 8.88. The minimum absolute atomic E-state index is 0.243. The summed E-state index contributed by atoms with van der Waals surface area (Å²) >= 11 is 0. The van der Waals surface area contributed by atoms with Crippen LogP contribution in [0, 0.1) is 6.92 Å². The lowest BCUT2D eigenvalue weighted by molar-refractivity contribution is 0.284. The molecule has 0 saturated heterocycles. The molecule has 0 saturated carbocycles. The third-order valence-electron chi connectivity index (χ3n) is 4.14. The van der Waals surface area contributed by atoms with Crippen LogP contribution in [0.4, 0.5) is 0 Å². The number of ether oxygens (including phenoxy) is 4. The Balaban J connectivity index is 3.24. The van der Waals surface area contributed by atoms with Crippen molar-refractivity contribution < 1.29 is 24.1 Å². The Morgan fingerprint density at radius 1 is 0.875 bits per heavy atom. The van der Waals surface area contributed by atoms with Gasteiger partial charge >= 0.3 is 0 Å². The maximum Gasteiger partial charge on any atom is 0.207 e. The van der Waals surface area contributed by atoms with Gasteiger partial charge in [-0.05, 0) is 39.5 Å². The Hall–Kier alpha value is -1.88. The molecule has 0 unspecified atom stereocenters. The lowest BCUT2D eigenvalue weighted by atomic mass is 9.99. The van der Waals surface area contributed by atoms with Gasteiger partial charge in [0.05, 0.1) is 28.4 Å². The molecule has 0 radical (unpaired) electrons. The lowest BCUT2D eigenvalue weighted by Gasteiger charge is -2.21. The third kappa shape index (κ3) is 4.57. The van der Waals surface area contributed by atoms with Gasteiger partial charge < -0.3 is 24.1 Å². The molecule has 0 aliphatic heterocycles.